The molecule has 0 aromatic rings. The second-order valence-corrected chi connectivity index (χ2v) is 18.6. The molecule has 0 aromatic carbocycles. The first kappa shape index (κ1) is 24.6. The summed E-state index contributed by atoms with van der Waals surface area (Å²) < 4.78 is 31.6. The lowest BCUT2D eigenvalue weighted by atomic mass is 9.45. The van der Waals surface area contributed by atoms with E-state index in [-0.39, 0.29) is 35.6 Å². The van der Waals surface area contributed by atoms with Gasteiger partial charge >= 0.3 is 5.97 Å². The van der Waals surface area contributed by atoms with Crippen LogP contribution in [-0.4, -0.2) is 57.6 Å². The second-order valence-electron chi connectivity index (χ2n) is 13.0. The van der Waals surface area contributed by atoms with Gasteiger partial charge in [0.15, 0.2) is 5.79 Å². The van der Waals surface area contributed by atoms with Crippen LogP contribution >= 0.6 is 0 Å². The molecule has 184 valence electrons. The number of hydrogen-bond donors (Lipinski definition) is 0. The first-order chi connectivity index (χ1) is 14.7. The Morgan fingerprint density at radius 1 is 1.12 bits per heavy atom. The predicted octanol–water partition coefficient (Wildman–Crippen LogP) is 5.13. The molecule has 3 aliphatic heterocycles. The van der Waals surface area contributed by atoms with Crippen molar-refractivity contribution in [1.82, 2.24) is 0 Å². The number of carbonyl (C=O) groups excluding carboxylic acids is 1. The zero-order valence-electron chi connectivity index (χ0n) is 21.5. The average molecular weight is 469 g/mol. The summed E-state index contributed by atoms with van der Waals surface area (Å²) in [7, 11) is 0.604. The number of rotatable bonds is 7. The Bertz CT molecular complexity index is 749. The van der Waals surface area contributed by atoms with Gasteiger partial charge in [-0.25, -0.2) is 0 Å². The molecule has 0 radical (unpaired) electrons. The molecule has 0 amide bonds. The van der Waals surface area contributed by atoms with Crippen molar-refractivity contribution in [2.75, 3.05) is 20.5 Å². The predicted molar refractivity (Wildman–Crippen MR) is 125 cm³/mol. The van der Waals surface area contributed by atoms with Gasteiger partial charge in [0.25, 0.3) is 0 Å². The summed E-state index contributed by atoms with van der Waals surface area (Å²) in [6, 6.07) is 1.11. The van der Waals surface area contributed by atoms with E-state index in [1.54, 1.807) is 7.11 Å². The van der Waals surface area contributed by atoms with E-state index in [2.05, 4.69) is 47.3 Å². The zero-order chi connectivity index (χ0) is 23.6. The smallest absolute Gasteiger partial charge is 0.306 e. The van der Waals surface area contributed by atoms with Crippen molar-refractivity contribution in [3.05, 3.63) is 0 Å². The summed E-state index contributed by atoms with van der Waals surface area (Å²) >= 11 is 0. The Balaban J connectivity index is 1.66. The normalized spacial score (nSPS) is 45.2. The van der Waals surface area contributed by atoms with Gasteiger partial charge in [-0.15, -0.1) is 0 Å². The number of esters is 1. The van der Waals surface area contributed by atoms with Crippen molar-refractivity contribution in [1.29, 1.82) is 0 Å². The fraction of sp³-hybridized carbons (Fsp3) is 0.960. The standard InChI is InChI=1S/C25H44O6Si/c1-21(2)16-24(27-5)12-11-22(3)18-9-10-20(26)30-23(18,4)15-19(25(21,22)31-24)29-17-28-13-14-32(6,7)8/h18-19H,9-17H2,1-8H3/t18-,19+,22-,23+,24?,25-/m1/s1. The molecular weight excluding hydrogens is 424 g/mol. The van der Waals surface area contributed by atoms with Crippen molar-refractivity contribution < 1.29 is 28.5 Å². The van der Waals surface area contributed by atoms with Crippen LogP contribution in [0, 0.1) is 16.7 Å². The van der Waals surface area contributed by atoms with Crippen LogP contribution in [0.2, 0.25) is 25.7 Å². The van der Waals surface area contributed by atoms with Crippen LogP contribution in [0.3, 0.4) is 0 Å². The van der Waals surface area contributed by atoms with E-state index in [1.165, 1.54) is 0 Å². The maximum Gasteiger partial charge on any atom is 0.306 e. The summed E-state index contributed by atoms with van der Waals surface area (Å²) in [6.45, 7) is 17.1. The average Bonchev–Trinajstić information content (AvgIpc) is 2.88. The molecule has 3 heterocycles. The van der Waals surface area contributed by atoms with Gasteiger partial charge in [-0.3, -0.25) is 4.79 Å². The SMILES string of the molecule is COC12CC[C@]3(C)[C@H]4CCC(=O)O[C@@]4(C)C[C@H](OCOCC[Si](C)(C)C)[C@@]3(O1)C(C)(C)C2. The quantitative estimate of drug-likeness (QED) is 0.223. The number of fused-ring (bicyclic) bond motifs is 3. The molecule has 1 unspecified atom stereocenters. The number of carbonyl (C=O) groups is 1. The van der Waals surface area contributed by atoms with Crippen molar-refractivity contribution >= 4 is 14.0 Å². The zero-order valence-corrected chi connectivity index (χ0v) is 22.5. The van der Waals surface area contributed by atoms with Crippen LogP contribution in [0.25, 0.3) is 0 Å². The highest BCUT2D eigenvalue weighted by molar-refractivity contribution is 6.76. The maximum absolute atomic E-state index is 12.3. The molecule has 32 heavy (non-hydrogen) atoms. The van der Waals surface area contributed by atoms with Crippen LogP contribution in [0.1, 0.15) is 66.2 Å². The lowest BCUT2D eigenvalue weighted by Crippen LogP contribution is -2.75. The third kappa shape index (κ3) is 3.62. The molecular formula is C25H44O6Si. The topological polar surface area (TPSA) is 63.2 Å². The molecule has 1 spiro atoms. The van der Waals surface area contributed by atoms with Gasteiger partial charge in [0.1, 0.15) is 18.0 Å². The lowest BCUT2D eigenvalue weighted by Gasteiger charge is -2.68. The van der Waals surface area contributed by atoms with Crippen molar-refractivity contribution in [2.45, 2.75) is 115 Å². The van der Waals surface area contributed by atoms with Gasteiger partial charge in [-0.2, -0.15) is 0 Å². The summed E-state index contributed by atoms with van der Waals surface area (Å²) in [6.07, 6.45) is 4.37. The Morgan fingerprint density at radius 2 is 1.84 bits per heavy atom. The molecule has 7 heteroatoms. The minimum absolute atomic E-state index is 0.0953. The van der Waals surface area contributed by atoms with Crippen LogP contribution in [-0.2, 0) is 28.5 Å². The number of ether oxygens (including phenoxy) is 5. The monoisotopic (exact) mass is 468 g/mol. The third-order valence-corrected chi connectivity index (χ3v) is 10.9. The summed E-state index contributed by atoms with van der Waals surface area (Å²) in [5, 5.41) is 0. The molecule has 4 fully saturated rings. The largest absolute Gasteiger partial charge is 0.459 e. The highest BCUT2D eigenvalue weighted by Crippen LogP contribution is 2.73. The Morgan fingerprint density at radius 3 is 2.50 bits per heavy atom. The molecule has 2 bridgehead atoms. The molecule has 0 N–H and O–H groups in total. The Labute approximate surface area is 195 Å². The first-order valence-electron chi connectivity index (χ1n) is 12.4. The fourth-order valence-electron chi connectivity index (χ4n) is 7.84. The van der Waals surface area contributed by atoms with E-state index >= 15 is 0 Å². The van der Waals surface area contributed by atoms with E-state index in [9.17, 15) is 4.79 Å². The maximum atomic E-state index is 12.3. The van der Waals surface area contributed by atoms with Gasteiger partial charge in [0.05, 0.1) is 6.10 Å². The van der Waals surface area contributed by atoms with Gasteiger partial charge in [-0.05, 0) is 25.8 Å². The van der Waals surface area contributed by atoms with Gasteiger partial charge < -0.3 is 23.7 Å². The fourth-order valence-corrected chi connectivity index (χ4v) is 8.59. The van der Waals surface area contributed by atoms with Crippen molar-refractivity contribution in [3.8, 4) is 0 Å². The summed E-state index contributed by atoms with van der Waals surface area (Å²) in [5.41, 5.74) is -1.41. The summed E-state index contributed by atoms with van der Waals surface area (Å²) in [4.78, 5) is 12.3. The van der Waals surface area contributed by atoms with Crippen LogP contribution in [0.4, 0.5) is 0 Å². The van der Waals surface area contributed by atoms with Crippen LogP contribution in [0.5, 0.6) is 0 Å². The molecule has 6 atom stereocenters. The molecule has 1 saturated carbocycles. The molecule has 0 aromatic heterocycles. The molecule has 6 nitrogen and oxygen atoms in total. The molecule has 4 rings (SSSR count). The third-order valence-electron chi connectivity index (χ3n) is 9.19. The summed E-state index contributed by atoms with van der Waals surface area (Å²) in [5.74, 6) is -0.433. The number of methoxy groups -OCH3 is 1. The van der Waals surface area contributed by atoms with Crippen molar-refractivity contribution in [2.24, 2.45) is 16.7 Å². The molecule has 1 aliphatic carbocycles. The van der Waals surface area contributed by atoms with Gasteiger partial charge in [0, 0.05) is 64.2 Å². The minimum atomic E-state index is -1.16. The lowest BCUT2D eigenvalue weighted by molar-refractivity contribution is -0.376. The van der Waals surface area contributed by atoms with E-state index in [0.29, 0.717) is 19.4 Å². The van der Waals surface area contributed by atoms with Gasteiger partial charge in [-0.1, -0.05) is 40.4 Å². The first-order valence-corrected chi connectivity index (χ1v) is 16.1. The highest BCUT2D eigenvalue weighted by atomic mass is 28.3. The second kappa shape index (κ2) is 7.77. The van der Waals surface area contributed by atoms with Gasteiger partial charge in [0.2, 0.25) is 0 Å². The van der Waals surface area contributed by atoms with Crippen molar-refractivity contribution in [3.63, 3.8) is 0 Å². The highest BCUT2D eigenvalue weighted by Gasteiger charge is 2.79. The van der Waals surface area contributed by atoms with Crippen LogP contribution < -0.4 is 0 Å². The van der Waals surface area contributed by atoms with E-state index in [1.807, 2.05) is 0 Å². The Kier molecular flexibility index (Phi) is 5.98. The molecule has 3 saturated heterocycles. The minimum Gasteiger partial charge on any atom is -0.459 e. The van der Waals surface area contributed by atoms with E-state index < -0.39 is 25.1 Å². The van der Waals surface area contributed by atoms with Crippen LogP contribution in [0.15, 0.2) is 0 Å². The number of hydrogen-bond acceptors (Lipinski definition) is 6. The Hall–Kier alpha value is -0.473. The molecule has 4 aliphatic rings. The van der Waals surface area contributed by atoms with E-state index in [4.69, 9.17) is 23.7 Å². The van der Waals surface area contributed by atoms with E-state index in [0.717, 1.165) is 31.7 Å².